The molecule has 3 atom stereocenters. The minimum absolute atomic E-state index is 0.0735. The fourth-order valence-corrected chi connectivity index (χ4v) is 4.71. The van der Waals surface area contributed by atoms with Crippen molar-refractivity contribution in [3.63, 3.8) is 0 Å². The molecule has 0 aromatic carbocycles. The van der Waals surface area contributed by atoms with Gasteiger partial charge in [-0.15, -0.1) is 18.3 Å². The van der Waals surface area contributed by atoms with E-state index < -0.39 is 0 Å². The van der Waals surface area contributed by atoms with Crippen LogP contribution in [0.4, 0.5) is 0 Å². The molecule has 2 aliphatic rings. The molecule has 0 aromatic heterocycles. The number of aldehydes is 1. The van der Waals surface area contributed by atoms with E-state index in [0.29, 0.717) is 0 Å². The van der Waals surface area contributed by atoms with Crippen LogP contribution in [0.1, 0.15) is 32.6 Å². The van der Waals surface area contributed by atoms with E-state index in [1.807, 2.05) is 17.8 Å². The second kappa shape index (κ2) is 4.53. The van der Waals surface area contributed by atoms with Crippen molar-refractivity contribution in [1.82, 2.24) is 0 Å². The van der Waals surface area contributed by atoms with E-state index in [-0.39, 0.29) is 16.3 Å². The maximum atomic E-state index is 11.3. The number of thioether (sulfide) groups is 1. The van der Waals surface area contributed by atoms with E-state index in [1.165, 1.54) is 0 Å². The van der Waals surface area contributed by atoms with Crippen LogP contribution in [0.2, 0.25) is 0 Å². The highest BCUT2D eigenvalue weighted by atomic mass is 32.2. The highest BCUT2D eigenvalue weighted by Crippen LogP contribution is 2.59. The maximum absolute atomic E-state index is 11.3. The fourth-order valence-electron chi connectivity index (χ4n) is 3.20. The molecule has 2 nitrogen and oxygen atoms in total. The van der Waals surface area contributed by atoms with Crippen LogP contribution in [-0.2, 0) is 9.53 Å². The molecule has 2 rings (SSSR count). The largest absolute Gasteiger partial charge is 0.363 e. The van der Waals surface area contributed by atoms with Crippen molar-refractivity contribution in [1.29, 1.82) is 0 Å². The van der Waals surface area contributed by atoms with Gasteiger partial charge in [0.2, 0.25) is 0 Å². The summed E-state index contributed by atoms with van der Waals surface area (Å²) < 4.78 is 6.04. The van der Waals surface area contributed by atoms with Gasteiger partial charge in [-0.2, -0.15) is 0 Å². The maximum Gasteiger partial charge on any atom is 0.123 e. The first-order valence-electron chi connectivity index (χ1n) is 6.03. The summed E-state index contributed by atoms with van der Waals surface area (Å²) in [5, 5.41) is 0. The summed E-state index contributed by atoms with van der Waals surface area (Å²) in [6.45, 7) is 6.86. The summed E-state index contributed by atoms with van der Waals surface area (Å²) >= 11 is 1.90. The number of carbonyl (C=O) groups is 1. The molecule has 0 bridgehead atoms. The van der Waals surface area contributed by atoms with Crippen LogP contribution in [0, 0.1) is 11.3 Å². The van der Waals surface area contributed by atoms with Crippen LogP contribution in [0.15, 0.2) is 12.7 Å². The minimum Gasteiger partial charge on any atom is -0.363 e. The van der Waals surface area contributed by atoms with E-state index in [2.05, 4.69) is 13.5 Å². The van der Waals surface area contributed by atoms with Gasteiger partial charge in [-0.1, -0.05) is 13.0 Å². The number of allylic oxidation sites excluding steroid dienone is 1. The van der Waals surface area contributed by atoms with Crippen molar-refractivity contribution in [3.8, 4) is 0 Å². The Hall–Kier alpha value is -0.280. The minimum atomic E-state index is -0.134. The summed E-state index contributed by atoms with van der Waals surface area (Å²) in [5.41, 5.74) is -0.0735. The predicted molar refractivity (Wildman–Crippen MR) is 67.5 cm³/mol. The van der Waals surface area contributed by atoms with Crippen LogP contribution in [0.25, 0.3) is 0 Å². The lowest BCUT2D eigenvalue weighted by molar-refractivity contribution is -0.131. The molecular formula is C13H20O2S. The third-order valence-corrected chi connectivity index (χ3v) is 5.82. The molecule has 1 heterocycles. The molecule has 3 heteroatoms. The van der Waals surface area contributed by atoms with Gasteiger partial charge in [-0.05, 0) is 25.7 Å². The smallest absolute Gasteiger partial charge is 0.123 e. The second-order valence-corrected chi connectivity index (χ2v) is 6.35. The first-order chi connectivity index (χ1) is 7.68. The Morgan fingerprint density at radius 1 is 1.62 bits per heavy atom. The van der Waals surface area contributed by atoms with Crippen LogP contribution in [-0.4, -0.2) is 23.6 Å². The Kier molecular flexibility index (Phi) is 3.45. The summed E-state index contributed by atoms with van der Waals surface area (Å²) in [5.74, 6) is 1.17. The Morgan fingerprint density at radius 3 is 3.00 bits per heavy atom. The zero-order valence-electron chi connectivity index (χ0n) is 9.91. The van der Waals surface area contributed by atoms with E-state index in [0.717, 1.165) is 44.3 Å². The summed E-state index contributed by atoms with van der Waals surface area (Å²) in [6.07, 6.45) is 7.11. The van der Waals surface area contributed by atoms with Crippen LogP contribution in [0.5, 0.6) is 0 Å². The zero-order valence-corrected chi connectivity index (χ0v) is 10.7. The Labute approximate surface area is 102 Å². The van der Waals surface area contributed by atoms with Gasteiger partial charge in [-0.3, -0.25) is 0 Å². The number of hydrogen-bond acceptors (Lipinski definition) is 3. The summed E-state index contributed by atoms with van der Waals surface area (Å²) in [4.78, 5) is 11.2. The molecule has 0 aromatic rings. The van der Waals surface area contributed by atoms with Gasteiger partial charge in [-0.25, -0.2) is 0 Å². The molecule has 0 unspecified atom stereocenters. The van der Waals surface area contributed by atoms with Gasteiger partial charge < -0.3 is 9.53 Å². The van der Waals surface area contributed by atoms with Crippen molar-refractivity contribution in [2.75, 3.05) is 12.4 Å². The fraction of sp³-hybridized carbons (Fsp3) is 0.769. The number of carbonyl (C=O) groups excluding carboxylic acids is 1. The lowest BCUT2D eigenvalue weighted by atomic mass is 9.64. The van der Waals surface area contributed by atoms with Gasteiger partial charge in [0.1, 0.15) is 11.2 Å². The molecule has 2 fully saturated rings. The second-order valence-electron chi connectivity index (χ2n) is 4.99. The van der Waals surface area contributed by atoms with Gasteiger partial charge in [0.25, 0.3) is 0 Å². The summed E-state index contributed by atoms with van der Waals surface area (Å²) in [6, 6.07) is 0. The van der Waals surface area contributed by atoms with Crippen molar-refractivity contribution in [3.05, 3.63) is 12.7 Å². The molecular weight excluding hydrogens is 220 g/mol. The molecule has 16 heavy (non-hydrogen) atoms. The molecule has 1 aliphatic carbocycles. The normalized spacial score (nSPS) is 43.4. The number of ether oxygens (including phenoxy) is 1. The molecule has 1 saturated heterocycles. The third kappa shape index (κ3) is 1.65. The first kappa shape index (κ1) is 12.2. The number of rotatable bonds is 3. The lowest BCUT2D eigenvalue weighted by Gasteiger charge is -2.51. The van der Waals surface area contributed by atoms with E-state index in [1.54, 1.807) is 0 Å². The van der Waals surface area contributed by atoms with Gasteiger partial charge in [0.05, 0.1) is 6.61 Å². The average molecular weight is 240 g/mol. The molecule has 0 amide bonds. The Bertz CT molecular complexity index is 284. The Morgan fingerprint density at radius 2 is 2.44 bits per heavy atom. The van der Waals surface area contributed by atoms with Crippen LogP contribution < -0.4 is 0 Å². The van der Waals surface area contributed by atoms with Gasteiger partial charge in [0, 0.05) is 17.1 Å². The zero-order chi connectivity index (χ0) is 11.6. The molecule has 0 radical (unpaired) electrons. The monoisotopic (exact) mass is 240 g/mol. The average Bonchev–Trinajstić information content (AvgIpc) is 2.73. The first-order valence-corrected chi connectivity index (χ1v) is 7.01. The molecule has 90 valence electrons. The molecule has 1 aliphatic heterocycles. The van der Waals surface area contributed by atoms with E-state index >= 15 is 0 Å². The predicted octanol–water partition coefficient (Wildman–Crippen LogP) is 3.03. The van der Waals surface area contributed by atoms with Crippen molar-refractivity contribution in [2.24, 2.45) is 11.3 Å². The topological polar surface area (TPSA) is 26.3 Å². The van der Waals surface area contributed by atoms with Crippen molar-refractivity contribution >= 4 is 18.0 Å². The van der Waals surface area contributed by atoms with Crippen molar-refractivity contribution in [2.45, 2.75) is 37.5 Å². The van der Waals surface area contributed by atoms with E-state index in [4.69, 9.17) is 4.74 Å². The highest BCUT2D eigenvalue weighted by molar-refractivity contribution is 8.00. The van der Waals surface area contributed by atoms with E-state index in [9.17, 15) is 4.79 Å². The van der Waals surface area contributed by atoms with Crippen LogP contribution >= 0.6 is 11.8 Å². The van der Waals surface area contributed by atoms with Crippen LogP contribution in [0.3, 0.4) is 0 Å². The SMILES string of the molecule is C=CC[C@@]1(C)[C@@H](C=O)CCC[C@@]12OCCS2. The molecule has 1 saturated carbocycles. The standard InChI is InChI=1S/C13H20O2S/c1-3-6-12(2)11(10-14)5-4-7-13(12)15-8-9-16-13/h3,10-11H,1,4-9H2,2H3/t11-,12+,13+/m1/s1. The Balaban J connectivity index is 2.33. The quantitative estimate of drug-likeness (QED) is 0.560. The number of hydrogen-bond donors (Lipinski definition) is 0. The molecule has 1 spiro atoms. The van der Waals surface area contributed by atoms with Gasteiger partial charge in [0.15, 0.2) is 0 Å². The van der Waals surface area contributed by atoms with Gasteiger partial charge >= 0.3 is 0 Å². The lowest BCUT2D eigenvalue weighted by Crippen LogP contribution is -2.51. The van der Waals surface area contributed by atoms with Crippen molar-refractivity contribution < 1.29 is 9.53 Å². The summed E-state index contributed by atoms with van der Waals surface area (Å²) in [7, 11) is 0. The molecule has 0 N–H and O–H groups in total. The highest BCUT2D eigenvalue weighted by Gasteiger charge is 2.56. The third-order valence-electron chi connectivity index (χ3n) is 4.20.